The van der Waals surface area contributed by atoms with Crippen LogP contribution in [0.1, 0.15) is 41.0 Å². The molecular formula is C14H29NO4. The Morgan fingerprint density at radius 3 is 2.47 bits per heavy atom. The molecular weight excluding hydrogens is 246 g/mol. The number of carbonyl (C=O) groups is 1. The van der Waals surface area contributed by atoms with Gasteiger partial charge in [-0.15, -0.1) is 0 Å². The lowest BCUT2D eigenvalue weighted by Gasteiger charge is -2.28. The Balaban J connectivity index is 4.15. The summed E-state index contributed by atoms with van der Waals surface area (Å²) in [7, 11) is 0. The first-order chi connectivity index (χ1) is 8.96. The molecule has 0 spiro atoms. The normalized spacial score (nSPS) is 14.4. The fraction of sp³-hybridized carbons (Fsp3) is 0.929. The van der Waals surface area contributed by atoms with E-state index in [2.05, 4.69) is 12.2 Å². The van der Waals surface area contributed by atoms with Gasteiger partial charge in [-0.1, -0.05) is 6.92 Å². The van der Waals surface area contributed by atoms with Gasteiger partial charge in [0.15, 0.2) is 0 Å². The number of rotatable bonds is 11. The summed E-state index contributed by atoms with van der Waals surface area (Å²) in [6.07, 6.45) is 1.14. The van der Waals surface area contributed by atoms with Crippen molar-refractivity contribution in [2.75, 3.05) is 33.0 Å². The van der Waals surface area contributed by atoms with Crippen LogP contribution in [0.15, 0.2) is 0 Å². The van der Waals surface area contributed by atoms with E-state index in [0.717, 1.165) is 13.0 Å². The molecule has 0 aromatic rings. The van der Waals surface area contributed by atoms with E-state index < -0.39 is 5.54 Å². The van der Waals surface area contributed by atoms with Crippen LogP contribution >= 0.6 is 0 Å². The second-order valence-corrected chi connectivity index (χ2v) is 4.95. The number of nitrogens with one attached hydrogen (secondary N) is 1. The van der Waals surface area contributed by atoms with Crippen LogP contribution in [0.5, 0.6) is 0 Å². The molecule has 0 heterocycles. The molecule has 0 amide bonds. The molecule has 0 aliphatic rings. The molecule has 1 atom stereocenters. The van der Waals surface area contributed by atoms with Gasteiger partial charge in [-0.2, -0.15) is 0 Å². The molecule has 0 bridgehead atoms. The Hall–Kier alpha value is -0.650. The molecule has 0 saturated carbocycles. The zero-order valence-electron chi connectivity index (χ0n) is 13.0. The fourth-order valence-electron chi connectivity index (χ4n) is 1.49. The maximum absolute atomic E-state index is 11.9. The Bertz CT molecular complexity index is 246. The monoisotopic (exact) mass is 275 g/mol. The summed E-state index contributed by atoms with van der Waals surface area (Å²) < 4.78 is 16.0. The Labute approximate surface area is 117 Å². The molecule has 0 rings (SSSR count). The Kier molecular flexibility index (Phi) is 9.83. The lowest BCUT2D eigenvalue weighted by molar-refractivity contribution is -0.153. The van der Waals surface area contributed by atoms with Crippen molar-refractivity contribution in [3.8, 4) is 0 Å². The average Bonchev–Trinajstić information content (AvgIpc) is 2.36. The molecule has 0 saturated heterocycles. The molecule has 0 radical (unpaired) electrons. The summed E-state index contributed by atoms with van der Waals surface area (Å²) in [6, 6.07) is 0. The van der Waals surface area contributed by atoms with Crippen LogP contribution in [-0.4, -0.2) is 50.6 Å². The van der Waals surface area contributed by atoms with Crippen molar-refractivity contribution in [1.82, 2.24) is 5.32 Å². The van der Waals surface area contributed by atoms with Crippen LogP contribution in [0.4, 0.5) is 0 Å². The van der Waals surface area contributed by atoms with Gasteiger partial charge in [0.2, 0.25) is 0 Å². The molecule has 5 heteroatoms. The topological polar surface area (TPSA) is 56.8 Å². The van der Waals surface area contributed by atoms with Crippen molar-refractivity contribution in [2.24, 2.45) is 0 Å². The smallest absolute Gasteiger partial charge is 0.328 e. The number of ether oxygens (including phenoxy) is 3. The second-order valence-electron chi connectivity index (χ2n) is 4.95. The van der Waals surface area contributed by atoms with Gasteiger partial charge in [-0.05, 0) is 40.7 Å². The molecule has 1 unspecified atom stereocenters. The van der Waals surface area contributed by atoms with Gasteiger partial charge in [-0.3, -0.25) is 0 Å². The minimum absolute atomic E-state index is 0.193. The third-order valence-electron chi connectivity index (χ3n) is 2.56. The zero-order chi connectivity index (χ0) is 14.7. The van der Waals surface area contributed by atoms with Crippen LogP contribution in [0.3, 0.4) is 0 Å². The zero-order valence-corrected chi connectivity index (χ0v) is 13.0. The third-order valence-corrected chi connectivity index (χ3v) is 2.56. The van der Waals surface area contributed by atoms with Crippen molar-refractivity contribution in [2.45, 2.75) is 52.7 Å². The van der Waals surface area contributed by atoms with Gasteiger partial charge in [0.25, 0.3) is 0 Å². The summed E-state index contributed by atoms with van der Waals surface area (Å²) in [5.74, 6) is -0.270. The SMILES string of the molecule is CCCNC(C)(COCCOC(C)C)C(=O)OCC. The van der Waals surface area contributed by atoms with Crippen molar-refractivity contribution in [3.63, 3.8) is 0 Å². The predicted octanol–water partition coefficient (Wildman–Crippen LogP) is 1.75. The summed E-state index contributed by atoms with van der Waals surface area (Å²) in [5, 5.41) is 3.19. The van der Waals surface area contributed by atoms with E-state index in [4.69, 9.17) is 14.2 Å². The van der Waals surface area contributed by atoms with Crippen LogP contribution in [0.25, 0.3) is 0 Å². The number of carbonyl (C=O) groups excluding carboxylic acids is 1. The van der Waals surface area contributed by atoms with Gasteiger partial charge in [0.1, 0.15) is 5.54 Å². The molecule has 114 valence electrons. The van der Waals surface area contributed by atoms with E-state index >= 15 is 0 Å². The van der Waals surface area contributed by atoms with Crippen LogP contribution < -0.4 is 5.32 Å². The number of esters is 1. The van der Waals surface area contributed by atoms with Gasteiger partial charge in [0, 0.05) is 0 Å². The van der Waals surface area contributed by atoms with Crippen molar-refractivity contribution in [3.05, 3.63) is 0 Å². The summed E-state index contributed by atoms with van der Waals surface area (Å²) in [5.41, 5.74) is -0.788. The molecule has 19 heavy (non-hydrogen) atoms. The minimum Gasteiger partial charge on any atom is -0.465 e. The van der Waals surface area contributed by atoms with E-state index in [1.54, 1.807) is 6.92 Å². The van der Waals surface area contributed by atoms with E-state index in [1.165, 1.54) is 0 Å². The molecule has 0 aliphatic carbocycles. The highest BCUT2D eigenvalue weighted by Gasteiger charge is 2.34. The minimum atomic E-state index is -0.788. The lowest BCUT2D eigenvalue weighted by Crippen LogP contribution is -2.54. The van der Waals surface area contributed by atoms with Gasteiger partial charge in [-0.25, -0.2) is 4.79 Å². The molecule has 1 N–H and O–H groups in total. The molecule has 0 fully saturated rings. The van der Waals surface area contributed by atoms with Crippen LogP contribution in [0.2, 0.25) is 0 Å². The van der Waals surface area contributed by atoms with Crippen molar-refractivity contribution >= 4 is 5.97 Å². The Morgan fingerprint density at radius 2 is 1.95 bits per heavy atom. The van der Waals surface area contributed by atoms with Crippen LogP contribution in [-0.2, 0) is 19.0 Å². The summed E-state index contributed by atoms with van der Waals surface area (Å²) in [4.78, 5) is 11.9. The highest BCUT2D eigenvalue weighted by Crippen LogP contribution is 2.08. The first-order valence-corrected chi connectivity index (χ1v) is 7.07. The fourth-order valence-corrected chi connectivity index (χ4v) is 1.49. The molecule has 0 aliphatic heterocycles. The summed E-state index contributed by atoms with van der Waals surface area (Å²) in [6.45, 7) is 12.0. The van der Waals surface area contributed by atoms with Gasteiger partial charge < -0.3 is 19.5 Å². The molecule has 5 nitrogen and oxygen atoms in total. The lowest BCUT2D eigenvalue weighted by atomic mass is 10.0. The Morgan fingerprint density at radius 1 is 1.26 bits per heavy atom. The standard InChI is InChI=1S/C14H29NO4/c1-6-8-15-14(5,13(16)18-7-2)11-17-9-10-19-12(3)4/h12,15H,6-11H2,1-5H3. The quantitative estimate of drug-likeness (QED) is 0.460. The highest BCUT2D eigenvalue weighted by molar-refractivity contribution is 5.80. The van der Waals surface area contributed by atoms with E-state index in [9.17, 15) is 4.79 Å². The third kappa shape index (κ3) is 8.18. The molecule has 0 aromatic carbocycles. The largest absolute Gasteiger partial charge is 0.465 e. The first-order valence-electron chi connectivity index (χ1n) is 7.07. The maximum atomic E-state index is 11.9. The first kappa shape index (κ1) is 18.4. The maximum Gasteiger partial charge on any atom is 0.328 e. The van der Waals surface area contributed by atoms with Gasteiger partial charge in [0.05, 0.1) is 32.5 Å². The van der Waals surface area contributed by atoms with E-state index in [-0.39, 0.29) is 18.7 Å². The molecule has 0 aromatic heterocycles. The summed E-state index contributed by atoms with van der Waals surface area (Å²) >= 11 is 0. The van der Waals surface area contributed by atoms with E-state index in [1.807, 2.05) is 20.8 Å². The van der Waals surface area contributed by atoms with Gasteiger partial charge >= 0.3 is 5.97 Å². The second kappa shape index (κ2) is 10.2. The highest BCUT2D eigenvalue weighted by atomic mass is 16.5. The number of hydrogen-bond acceptors (Lipinski definition) is 5. The van der Waals surface area contributed by atoms with E-state index in [0.29, 0.717) is 19.8 Å². The number of hydrogen-bond donors (Lipinski definition) is 1. The predicted molar refractivity (Wildman–Crippen MR) is 75.2 cm³/mol. The van der Waals surface area contributed by atoms with Crippen LogP contribution in [0, 0.1) is 0 Å². The van der Waals surface area contributed by atoms with Crippen molar-refractivity contribution < 1.29 is 19.0 Å². The van der Waals surface area contributed by atoms with Crippen molar-refractivity contribution in [1.29, 1.82) is 0 Å². The average molecular weight is 275 g/mol.